The number of phenolic OH excluding ortho intramolecular Hbond substituents is 2. The predicted molar refractivity (Wildman–Crippen MR) is 51.9 cm³/mol. The van der Waals surface area contributed by atoms with Crippen LogP contribution in [0.4, 0.5) is 0 Å². The van der Waals surface area contributed by atoms with Crippen molar-refractivity contribution in [2.75, 3.05) is 0 Å². The number of aromatic hydroxyl groups is 2. The van der Waals surface area contributed by atoms with E-state index in [0.29, 0.717) is 6.42 Å². The molecule has 1 unspecified atom stereocenters. The van der Waals surface area contributed by atoms with Gasteiger partial charge in [-0.2, -0.15) is 0 Å². The number of benzene rings is 1. The summed E-state index contributed by atoms with van der Waals surface area (Å²) in [6, 6.07) is 3.17. The largest absolute Gasteiger partial charge is 0.504 e. The van der Waals surface area contributed by atoms with E-state index in [4.69, 9.17) is 5.73 Å². The van der Waals surface area contributed by atoms with Crippen LogP contribution in [0, 0.1) is 6.92 Å². The van der Waals surface area contributed by atoms with Crippen molar-refractivity contribution in [3.63, 3.8) is 0 Å². The van der Waals surface area contributed by atoms with Crippen LogP contribution < -0.4 is 5.73 Å². The molecule has 4 N–H and O–H groups in total. The minimum atomic E-state index is -0.0822. The Morgan fingerprint density at radius 3 is 2.38 bits per heavy atom. The number of rotatable bonds is 2. The molecule has 1 aromatic carbocycles. The summed E-state index contributed by atoms with van der Waals surface area (Å²) < 4.78 is 0. The molecule has 0 aliphatic heterocycles. The van der Waals surface area contributed by atoms with Crippen LogP contribution in [0.25, 0.3) is 0 Å². The molecular weight excluding hydrogens is 166 g/mol. The van der Waals surface area contributed by atoms with E-state index in [1.807, 2.05) is 13.8 Å². The van der Waals surface area contributed by atoms with E-state index < -0.39 is 0 Å². The van der Waals surface area contributed by atoms with Crippen molar-refractivity contribution in [1.82, 2.24) is 0 Å². The van der Waals surface area contributed by atoms with E-state index in [1.165, 1.54) is 0 Å². The lowest BCUT2D eigenvalue weighted by molar-refractivity contribution is 0.402. The Labute approximate surface area is 77.8 Å². The van der Waals surface area contributed by atoms with Crippen LogP contribution in [0.3, 0.4) is 0 Å². The van der Waals surface area contributed by atoms with Gasteiger partial charge in [0.25, 0.3) is 0 Å². The Morgan fingerprint density at radius 2 is 1.85 bits per heavy atom. The summed E-state index contributed by atoms with van der Waals surface area (Å²) in [6.07, 6.45) is 0.708. The van der Waals surface area contributed by atoms with Gasteiger partial charge < -0.3 is 15.9 Å². The van der Waals surface area contributed by atoms with Crippen LogP contribution in [0.5, 0.6) is 11.5 Å². The van der Waals surface area contributed by atoms with Crippen LogP contribution in [0.1, 0.15) is 18.1 Å². The van der Waals surface area contributed by atoms with E-state index in [1.54, 1.807) is 12.1 Å². The third-order valence-electron chi connectivity index (χ3n) is 1.98. The lowest BCUT2D eigenvalue weighted by Crippen LogP contribution is -2.18. The second-order valence-corrected chi connectivity index (χ2v) is 3.45. The molecule has 1 atom stereocenters. The number of phenols is 2. The summed E-state index contributed by atoms with van der Waals surface area (Å²) in [4.78, 5) is 0. The van der Waals surface area contributed by atoms with Gasteiger partial charge in [0.05, 0.1) is 0 Å². The smallest absolute Gasteiger partial charge is 0.157 e. The van der Waals surface area contributed by atoms with Crippen molar-refractivity contribution in [3.05, 3.63) is 23.3 Å². The molecule has 0 saturated heterocycles. The standard InChI is InChI=1S/C10H15NO2/c1-6-3-9(12)10(13)5-8(6)4-7(2)11/h3,5,7,12-13H,4,11H2,1-2H3. The van der Waals surface area contributed by atoms with Crippen LogP contribution in [0.15, 0.2) is 12.1 Å². The first kappa shape index (κ1) is 9.86. The highest BCUT2D eigenvalue weighted by Gasteiger charge is 2.06. The van der Waals surface area contributed by atoms with Gasteiger partial charge in [-0.1, -0.05) is 0 Å². The fraction of sp³-hybridized carbons (Fsp3) is 0.400. The molecule has 72 valence electrons. The van der Waals surface area contributed by atoms with Crippen LogP contribution >= 0.6 is 0 Å². The van der Waals surface area contributed by atoms with Gasteiger partial charge in [-0.15, -0.1) is 0 Å². The van der Waals surface area contributed by atoms with Gasteiger partial charge in [-0.25, -0.2) is 0 Å². The van der Waals surface area contributed by atoms with Crippen molar-refractivity contribution >= 4 is 0 Å². The molecule has 3 nitrogen and oxygen atoms in total. The topological polar surface area (TPSA) is 66.5 Å². The number of hydrogen-bond acceptors (Lipinski definition) is 3. The normalized spacial score (nSPS) is 12.8. The van der Waals surface area contributed by atoms with E-state index in [-0.39, 0.29) is 17.5 Å². The Bertz CT molecular complexity index is 308. The molecule has 0 fully saturated rings. The van der Waals surface area contributed by atoms with E-state index in [2.05, 4.69) is 0 Å². The van der Waals surface area contributed by atoms with Gasteiger partial charge in [0.1, 0.15) is 0 Å². The second-order valence-electron chi connectivity index (χ2n) is 3.45. The first-order valence-electron chi connectivity index (χ1n) is 4.27. The zero-order chi connectivity index (χ0) is 10.0. The molecule has 3 heteroatoms. The Kier molecular flexibility index (Phi) is 2.78. The number of hydrogen-bond donors (Lipinski definition) is 3. The summed E-state index contributed by atoms with van der Waals surface area (Å²) >= 11 is 0. The fourth-order valence-corrected chi connectivity index (χ4v) is 1.29. The molecule has 0 aliphatic carbocycles. The lowest BCUT2D eigenvalue weighted by atomic mass is 10.0. The lowest BCUT2D eigenvalue weighted by Gasteiger charge is -2.09. The molecular formula is C10H15NO2. The zero-order valence-corrected chi connectivity index (χ0v) is 7.91. The van der Waals surface area contributed by atoms with E-state index >= 15 is 0 Å². The maximum Gasteiger partial charge on any atom is 0.157 e. The molecule has 0 spiro atoms. The first-order valence-corrected chi connectivity index (χ1v) is 4.27. The minimum absolute atomic E-state index is 0.0580. The Balaban J connectivity index is 3.01. The Hall–Kier alpha value is -1.22. The highest BCUT2D eigenvalue weighted by molar-refractivity contribution is 5.45. The number of aryl methyl sites for hydroxylation is 1. The van der Waals surface area contributed by atoms with Gasteiger partial charge in [-0.05, 0) is 43.5 Å². The first-order chi connectivity index (χ1) is 6.00. The van der Waals surface area contributed by atoms with Gasteiger partial charge in [0.15, 0.2) is 11.5 Å². The second kappa shape index (κ2) is 3.66. The Morgan fingerprint density at radius 1 is 1.31 bits per heavy atom. The maximum absolute atomic E-state index is 9.25. The molecule has 0 heterocycles. The molecule has 1 aromatic rings. The SMILES string of the molecule is Cc1cc(O)c(O)cc1CC(C)N. The number of nitrogens with two attached hydrogens (primary N) is 1. The summed E-state index contributed by atoms with van der Waals surface area (Å²) in [5.41, 5.74) is 7.57. The predicted octanol–water partition coefficient (Wildman–Crippen LogP) is 1.30. The van der Waals surface area contributed by atoms with Crippen molar-refractivity contribution in [3.8, 4) is 11.5 Å². The molecule has 0 aliphatic rings. The molecule has 13 heavy (non-hydrogen) atoms. The van der Waals surface area contributed by atoms with Gasteiger partial charge >= 0.3 is 0 Å². The summed E-state index contributed by atoms with van der Waals surface area (Å²) in [7, 11) is 0. The summed E-state index contributed by atoms with van der Waals surface area (Å²) in [5.74, 6) is -0.160. The van der Waals surface area contributed by atoms with Crippen molar-refractivity contribution in [1.29, 1.82) is 0 Å². The highest BCUT2D eigenvalue weighted by Crippen LogP contribution is 2.28. The highest BCUT2D eigenvalue weighted by atomic mass is 16.3. The van der Waals surface area contributed by atoms with E-state index in [0.717, 1.165) is 11.1 Å². The molecule has 0 bridgehead atoms. The average Bonchev–Trinajstić information content (AvgIpc) is 1.99. The minimum Gasteiger partial charge on any atom is -0.504 e. The third-order valence-corrected chi connectivity index (χ3v) is 1.98. The van der Waals surface area contributed by atoms with Crippen molar-refractivity contribution in [2.45, 2.75) is 26.3 Å². The van der Waals surface area contributed by atoms with E-state index in [9.17, 15) is 10.2 Å². The van der Waals surface area contributed by atoms with Gasteiger partial charge in [-0.3, -0.25) is 0 Å². The molecule has 0 radical (unpaired) electrons. The zero-order valence-electron chi connectivity index (χ0n) is 7.91. The van der Waals surface area contributed by atoms with Gasteiger partial charge in [0, 0.05) is 6.04 Å². The molecule has 0 amide bonds. The van der Waals surface area contributed by atoms with Crippen LogP contribution in [-0.4, -0.2) is 16.3 Å². The average molecular weight is 181 g/mol. The van der Waals surface area contributed by atoms with Gasteiger partial charge in [0.2, 0.25) is 0 Å². The van der Waals surface area contributed by atoms with Crippen LogP contribution in [-0.2, 0) is 6.42 Å². The molecule has 0 saturated carbocycles. The summed E-state index contributed by atoms with van der Waals surface area (Å²) in [5, 5.41) is 18.4. The summed E-state index contributed by atoms with van der Waals surface area (Å²) in [6.45, 7) is 3.79. The molecule has 1 rings (SSSR count). The monoisotopic (exact) mass is 181 g/mol. The van der Waals surface area contributed by atoms with Crippen molar-refractivity contribution in [2.24, 2.45) is 5.73 Å². The van der Waals surface area contributed by atoms with Crippen LogP contribution in [0.2, 0.25) is 0 Å². The quantitative estimate of drug-likeness (QED) is 0.602. The molecule has 0 aromatic heterocycles. The fourth-order valence-electron chi connectivity index (χ4n) is 1.29. The van der Waals surface area contributed by atoms with Crippen molar-refractivity contribution < 1.29 is 10.2 Å². The maximum atomic E-state index is 9.25. The third kappa shape index (κ3) is 2.36.